The molecule has 32 heavy (non-hydrogen) atoms. The van der Waals surface area contributed by atoms with Gasteiger partial charge < -0.3 is 9.67 Å². The van der Waals surface area contributed by atoms with Gasteiger partial charge in [0.05, 0.1) is 24.6 Å². The highest BCUT2D eigenvalue weighted by molar-refractivity contribution is 9.10. The van der Waals surface area contributed by atoms with E-state index in [1.54, 1.807) is 0 Å². The summed E-state index contributed by atoms with van der Waals surface area (Å²) in [7, 11) is 0. The number of hydrogen-bond acceptors (Lipinski definition) is 3. The number of hydrogen-bond donors (Lipinski definition) is 1. The molecule has 2 amide bonds. The third-order valence-electron chi connectivity index (χ3n) is 8.08. The van der Waals surface area contributed by atoms with E-state index in [2.05, 4.69) is 48.6 Å². The van der Waals surface area contributed by atoms with E-state index < -0.39 is 11.5 Å². The van der Waals surface area contributed by atoms with Crippen molar-refractivity contribution in [3.05, 3.63) is 45.3 Å². The number of piperidine rings is 1. The van der Waals surface area contributed by atoms with Crippen LogP contribution in [0.5, 0.6) is 0 Å². The summed E-state index contributed by atoms with van der Waals surface area (Å²) >= 11 is 7.11. The Bertz CT molecular complexity index is 1220. The van der Waals surface area contributed by atoms with Crippen LogP contribution in [0.1, 0.15) is 33.6 Å². The number of aliphatic hydroxyl groups excluding tert-OH is 1. The predicted octanol–water partition coefficient (Wildman–Crippen LogP) is 5.49. The minimum atomic E-state index is -0.863. The first-order valence-corrected chi connectivity index (χ1v) is 12.5. The molecule has 0 unspecified atom stereocenters. The topological polar surface area (TPSA) is 62.5 Å². The number of fused-ring (bicyclic) bond motifs is 5. The quantitative estimate of drug-likeness (QED) is 0.428. The number of carbonyl (C=O) groups is 2. The smallest absolute Gasteiger partial charge is 0.235 e. The Morgan fingerprint density at radius 2 is 1.56 bits per heavy atom. The summed E-state index contributed by atoms with van der Waals surface area (Å²) in [6, 6.07) is 12.2. The van der Waals surface area contributed by atoms with E-state index in [-0.39, 0.29) is 29.7 Å². The lowest BCUT2D eigenvalue weighted by molar-refractivity contribution is -0.169. The average molecular weight is 562 g/mol. The number of aliphatic hydroxyl groups is 1. The summed E-state index contributed by atoms with van der Waals surface area (Å²) in [6.45, 7) is 6.36. The maximum absolute atomic E-state index is 13.3. The first kappa shape index (κ1) is 22.1. The van der Waals surface area contributed by atoms with Crippen molar-refractivity contribution in [2.24, 2.45) is 16.7 Å². The highest BCUT2D eigenvalue weighted by Gasteiger charge is 2.64. The molecule has 2 aliphatic rings. The molecule has 2 fully saturated rings. The Morgan fingerprint density at radius 3 is 2.12 bits per heavy atom. The monoisotopic (exact) mass is 560 g/mol. The Morgan fingerprint density at radius 1 is 1.00 bits per heavy atom. The predicted molar refractivity (Wildman–Crippen MR) is 132 cm³/mol. The van der Waals surface area contributed by atoms with Gasteiger partial charge in [-0.15, -0.1) is 0 Å². The van der Waals surface area contributed by atoms with Gasteiger partial charge >= 0.3 is 0 Å². The first-order valence-electron chi connectivity index (χ1n) is 11.0. The standard InChI is InChI=1S/C25H26Br2N2O3/c1-24(2)19-8-9-25(24,3)23(32)29(22(19)31)13-16(30)12-28-20-6-4-14(26)10-17(20)18-11-15(27)5-7-21(18)28/h4-7,10-11,16,19,30H,8-9,12-13H2,1-3H3/t16-,19+,25+/m0/s1. The van der Waals surface area contributed by atoms with Gasteiger partial charge in [0.2, 0.25) is 11.8 Å². The van der Waals surface area contributed by atoms with Crippen LogP contribution in [0.2, 0.25) is 0 Å². The molecule has 1 aromatic heterocycles. The minimum Gasteiger partial charge on any atom is -0.389 e. The summed E-state index contributed by atoms with van der Waals surface area (Å²) < 4.78 is 4.05. The van der Waals surface area contributed by atoms with E-state index in [0.29, 0.717) is 6.54 Å². The lowest BCUT2D eigenvalue weighted by atomic mass is 9.62. The second-order valence-corrected chi connectivity index (χ2v) is 11.8. The van der Waals surface area contributed by atoms with E-state index in [1.807, 2.05) is 45.0 Å². The summed E-state index contributed by atoms with van der Waals surface area (Å²) in [5.41, 5.74) is 1.10. The number of nitrogens with zero attached hydrogens (tertiary/aromatic N) is 2. The summed E-state index contributed by atoms with van der Waals surface area (Å²) in [5, 5.41) is 13.2. The SMILES string of the molecule is CC1(C)[C@@H]2CC[C@]1(C)C(=O)N(C[C@@H](O)Cn1c3ccc(Br)cc3c3cc(Br)ccc31)C2=O. The minimum absolute atomic E-state index is 0.0219. The zero-order valence-corrected chi connectivity index (χ0v) is 21.5. The molecule has 1 N–H and O–H groups in total. The van der Waals surface area contributed by atoms with Gasteiger partial charge in [-0.25, -0.2) is 0 Å². The van der Waals surface area contributed by atoms with Gasteiger partial charge in [0.1, 0.15) is 0 Å². The number of benzene rings is 2. The normalized spacial score (nSPS) is 25.8. The summed E-state index contributed by atoms with van der Waals surface area (Å²) in [5.74, 6) is -0.445. The van der Waals surface area contributed by atoms with Crippen LogP contribution in [0.4, 0.5) is 0 Å². The van der Waals surface area contributed by atoms with Crippen LogP contribution in [-0.2, 0) is 16.1 Å². The molecule has 2 aromatic carbocycles. The molecule has 168 valence electrons. The van der Waals surface area contributed by atoms with Crippen LogP contribution >= 0.6 is 31.9 Å². The maximum atomic E-state index is 13.3. The molecule has 3 atom stereocenters. The molecule has 2 heterocycles. The Balaban J connectivity index is 1.48. The molecular weight excluding hydrogens is 536 g/mol. The fourth-order valence-electron chi connectivity index (χ4n) is 5.80. The van der Waals surface area contributed by atoms with Gasteiger partial charge in [0.25, 0.3) is 0 Å². The van der Waals surface area contributed by atoms with E-state index in [0.717, 1.165) is 43.6 Å². The highest BCUT2D eigenvalue weighted by atomic mass is 79.9. The average Bonchev–Trinajstić information content (AvgIpc) is 3.12. The van der Waals surface area contributed by atoms with Gasteiger partial charge in [-0.1, -0.05) is 52.6 Å². The highest BCUT2D eigenvalue weighted by Crippen LogP contribution is 2.60. The molecule has 0 spiro atoms. The van der Waals surface area contributed by atoms with Crippen molar-refractivity contribution < 1.29 is 14.7 Å². The fraction of sp³-hybridized carbons (Fsp3) is 0.440. The van der Waals surface area contributed by atoms with Crippen molar-refractivity contribution in [3.63, 3.8) is 0 Å². The van der Waals surface area contributed by atoms with Crippen molar-refractivity contribution in [1.29, 1.82) is 0 Å². The molecule has 5 nitrogen and oxygen atoms in total. The third kappa shape index (κ3) is 3.04. The van der Waals surface area contributed by atoms with Crippen LogP contribution < -0.4 is 0 Å². The van der Waals surface area contributed by atoms with Crippen molar-refractivity contribution in [2.45, 2.75) is 46.3 Å². The van der Waals surface area contributed by atoms with Crippen molar-refractivity contribution in [1.82, 2.24) is 9.47 Å². The number of imide groups is 1. The maximum Gasteiger partial charge on any atom is 0.235 e. The molecule has 1 saturated carbocycles. The number of halogens is 2. The van der Waals surface area contributed by atoms with E-state index >= 15 is 0 Å². The lowest BCUT2D eigenvalue weighted by Gasteiger charge is -2.48. The number of amides is 2. The van der Waals surface area contributed by atoms with E-state index in [1.165, 1.54) is 4.90 Å². The second-order valence-electron chi connectivity index (χ2n) is 9.99. The molecule has 5 rings (SSSR count). The molecule has 1 aliphatic carbocycles. The first-order chi connectivity index (χ1) is 15.0. The number of β-amino-alcohol motifs (C(OH)–C–C–N with tert-alkyl or cyclic N) is 1. The van der Waals surface area contributed by atoms with Gasteiger partial charge in [-0.05, 0) is 54.7 Å². The Labute approximate surface area is 204 Å². The van der Waals surface area contributed by atoms with Crippen LogP contribution in [0.15, 0.2) is 45.3 Å². The third-order valence-corrected chi connectivity index (χ3v) is 9.07. The van der Waals surface area contributed by atoms with Crippen LogP contribution in [0.25, 0.3) is 21.8 Å². The zero-order valence-electron chi connectivity index (χ0n) is 18.4. The van der Waals surface area contributed by atoms with Crippen LogP contribution in [0.3, 0.4) is 0 Å². The fourth-order valence-corrected chi connectivity index (χ4v) is 6.52. The Kier molecular flexibility index (Phi) is 5.12. The molecule has 3 aromatic rings. The number of aromatic nitrogens is 1. The van der Waals surface area contributed by atoms with Gasteiger partial charge in [-0.3, -0.25) is 14.5 Å². The number of carbonyl (C=O) groups excluding carboxylic acids is 2. The molecule has 2 bridgehead atoms. The van der Waals surface area contributed by atoms with Crippen LogP contribution in [0, 0.1) is 16.7 Å². The Hall–Kier alpha value is -1.70. The summed E-state index contributed by atoms with van der Waals surface area (Å²) in [6.07, 6.45) is 0.591. The molecule has 1 aliphatic heterocycles. The van der Waals surface area contributed by atoms with Crippen LogP contribution in [-0.4, -0.2) is 39.0 Å². The van der Waals surface area contributed by atoms with E-state index in [4.69, 9.17) is 0 Å². The summed E-state index contributed by atoms with van der Waals surface area (Å²) in [4.78, 5) is 27.8. The van der Waals surface area contributed by atoms with Gasteiger partial charge in [-0.2, -0.15) is 0 Å². The van der Waals surface area contributed by atoms with Gasteiger partial charge in [0.15, 0.2) is 0 Å². The molecule has 0 radical (unpaired) electrons. The van der Waals surface area contributed by atoms with Crippen molar-refractivity contribution in [3.8, 4) is 0 Å². The van der Waals surface area contributed by atoms with Crippen molar-refractivity contribution in [2.75, 3.05) is 6.54 Å². The van der Waals surface area contributed by atoms with E-state index in [9.17, 15) is 14.7 Å². The largest absolute Gasteiger partial charge is 0.389 e. The molecule has 7 heteroatoms. The lowest BCUT2D eigenvalue weighted by Crippen LogP contribution is -2.60. The number of likely N-dealkylation sites (tertiary alicyclic amines) is 1. The number of rotatable bonds is 4. The van der Waals surface area contributed by atoms with Gasteiger partial charge in [0, 0.05) is 36.7 Å². The second kappa shape index (κ2) is 7.40. The zero-order chi connectivity index (χ0) is 23.0. The molecule has 1 saturated heterocycles. The molecular formula is C25H26Br2N2O3. The van der Waals surface area contributed by atoms with Crippen molar-refractivity contribution >= 4 is 65.5 Å².